The Kier molecular flexibility index (Phi) is 5.98. The summed E-state index contributed by atoms with van der Waals surface area (Å²) in [6.07, 6.45) is 0. The van der Waals surface area contributed by atoms with E-state index in [1.165, 1.54) is 5.69 Å². The predicted octanol–water partition coefficient (Wildman–Crippen LogP) is 3.85. The van der Waals surface area contributed by atoms with Gasteiger partial charge in [0, 0.05) is 43.2 Å². The van der Waals surface area contributed by atoms with E-state index >= 15 is 0 Å². The van der Waals surface area contributed by atoms with Crippen molar-refractivity contribution in [2.75, 3.05) is 43.4 Å². The number of nitrogens with one attached hydrogen (secondary N) is 1. The number of benzene rings is 1. The van der Waals surface area contributed by atoms with Gasteiger partial charge in [-0.05, 0) is 69.8 Å². The van der Waals surface area contributed by atoms with Crippen LogP contribution in [0.3, 0.4) is 0 Å². The summed E-state index contributed by atoms with van der Waals surface area (Å²) in [5, 5.41) is 7.67. The van der Waals surface area contributed by atoms with Gasteiger partial charge in [-0.15, -0.1) is 0 Å². The lowest BCUT2D eigenvalue weighted by atomic mass is 10.1. The van der Waals surface area contributed by atoms with Crippen LogP contribution in [-0.4, -0.2) is 58.8 Å². The molecule has 7 nitrogen and oxygen atoms in total. The zero-order chi connectivity index (χ0) is 22.1. The van der Waals surface area contributed by atoms with E-state index in [4.69, 9.17) is 11.6 Å². The molecule has 0 unspecified atom stereocenters. The van der Waals surface area contributed by atoms with Crippen molar-refractivity contribution in [1.82, 2.24) is 19.7 Å². The van der Waals surface area contributed by atoms with E-state index in [0.717, 1.165) is 48.8 Å². The fourth-order valence-corrected chi connectivity index (χ4v) is 4.09. The number of hydrogen-bond acceptors (Lipinski definition) is 5. The van der Waals surface area contributed by atoms with Gasteiger partial charge in [0.05, 0.1) is 10.7 Å². The van der Waals surface area contributed by atoms with Crippen molar-refractivity contribution in [3.05, 3.63) is 64.1 Å². The number of piperazine rings is 1. The second-order valence-electron chi connectivity index (χ2n) is 8.08. The third kappa shape index (κ3) is 4.57. The second kappa shape index (κ2) is 8.69. The fraction of sp³-hybridized carbons (Fsp3) is 0.348. The summed E-state index contributed by atoms with van der Waals surface area (Å²) in [7, 11) is 2.14. The number of aryl methyl sites for hydroxylation is 3. The average Bonchev–Trinajstić information content (AvgIpc) is 3.07. The second-order valence-corrected chi connectivity index (χ2v) is 8.49. The highest BCUT2D eigenvalue weighted by Gasteiger charge is 2.18. The summed E-state index contributed by atoms with van der Waals surface area (Å²) in [4.78, 5) is 22.1. The minimum absolute atomic E-state index is 0.174. The molecule has 0 atom stereocenters. The first-order valence-corrected chi connectivity index (χ1v) is 10.8. The third-order valence-electron chi connectivity index (χ3n) is 5.57. The first-order chi connectivity index (χ1) is 14.8. The Bertz CT molecular complexity index is 1120. The molecule has 1 fully saturated rings. The molecule has 31 heavy (non-hydrogen) atoms. The number of amides is 1. The lowest BCUT2D eigenvalue weighted by Gasteiger charge is -2.35. The number of hydrogen-bond donors (Lipinski definition) is 1. The molecule has 1 N–H and O–H groups in total. The quantitative estimate of drug-likeness (QED) is 0.670. The lowest BCUT2D eigenvalue weighted by molar-refractivity contribution is 0.102. The Morgan fingerprint density at radius 1 is 1.03 bits per heavy atom. The molecule has 3 aromatic rings. The number of rotatable bonds is 4. The molecular weight excluding hydrogens is 412 g/mol. The van der Waals surface area contributed by atoms with Crippen LogP contribution < -0.4 is 10.2 Å². The number of nitrogens with zero attached hydrogens (tertiary/aromatic N) is 5. The maximum Gasteiger partial charge on any atom is 0.275 e. The molecule has 0 bridgehead atoms. The molecule has 1 saturated heterocycles. The van der Waals surface area contributed by atoms with Crippen LogP contribution >= 0.6 is 11.6 Å². The molecule has 162 valence electrons. The molecule has 1 aliphatic heterocycles. The molecule has 8 heteroatoms. The van der Waals surface area contributed by atoms with Gasteiger partial charge >= 0.3 is 0 Å². The van der Waals surface area contributed by atoms with Gasteiger partial charge in [0.2, 0.25) is 0 Å². The fourth-order valence-electron chi connectivity index (χ4n) is 3.90. The number of anilines is 2. The van der Waals surface area contributed by atoms with E-state index in [1.54, 1.807) is 16.8 Å². The van der Waals surface area contributed by atoms with Crippen LogP contribution in [0.25, 0.3) is 5.82 Å². The minimum Gasteiger partial charge on any atom is -0.369 e. The number of halogens is 1. The van der Waals surface area contributed by atoms with E-state index < -0.39 is 0 Å². The average molecular weight is 439 g/mol. The summed E-state index contributed by atoms with van der Waals surface area (Å²) >= 11 is 6.30. The Hall–Kier alpha value is -2.90. The molecule has 1 aliphatic rings. The highest BCUT2D eigenvalue weighted by Crippen LogP contribution is 2.26. The topological polar surface area (TPSA) is 66.3 Å². The number of carbonyl (C=O) groups excluding carboxylic acids is 1. The zero-order valence-corrected chi connectivity index (χ0v) is 19.1. The zero-order valence-electron chi connectivity index (χ0n) is 18.3. The number of likely N-dealkylation sites (N-methyl/N-ethyl adjacent to an activating group) is 1. The van der Waals surface area contributed by atoms with E-state index in [0.29, 0.717) is 10.8 Å². The molecule has 4 rings (SSSR count). The molecule has 3 heterocycles. The van der Waals surface area contributed by atoms with E-state index in [9.17, 15) is 4.79 Å². The molecular formula is C23H27ClN6O. The maximum absolute atomic E-state index is 12.9. The van der Waals surface area contributed by atoms with Crippen molar-refractivity contribution in [3.8, 4) is 5.82 Å². The van der Waals surface area contributed by atoms with E-state index in [1.807, 2.05) is 32.0 Å². The van der Waals surface area contributed by atoms with E-state index in [-0.39, 0.29) is 11.6 Å². The Labute approximate surface area is 187 Å². The van der Waals surface area contributed by atoms with Gasteiger partial charge in [-0.25, -0.2) is 9.67 Å². The van der Waals surface area contributed by atoms with Gasteiger partial charge < -0.3 is 15.1 Å². The van der Waals surface area contributed by atoms with Gasteiger partial charge in [0.15, 0.2) is 5.82 Å². The number of pyridine rings is 1. The smallest absolute Gasteiger partial charge is 0.275 e. The normalized spacial score (nSPS) is 14.7. The number of carbonyl (C=O) groups is 1. The van der Waals surface area contributed by atoms with Crippen LogP contribution in [0, 0.1) is 20.8 Å². The largest absolute Gasteiger partial charge is 0.369 e. The third-order valence-corrected chi connectivity index (χ3v) is 5.88. The summed E-state index contributed by atoms with van der Waals surface area (Å²) in [6.45, 7) is 10.0. The van der Waals surface area contributed by atoms with Crippen molar-refractivity contribution >= 4 is 28.9 Å². The van der Waals surface area contributed by atoms with Crippen molar-refractivity contribution in [2.24, 2.45) is 0 Å². The Morgan fingerprint density at radius 3 is 2.42 bits per heavy atom. The standard InChI is InChI=1S/C23H27ClN6O/c1-15-13-18(5-7-20(15)29-11-9-28(4)10-12-29)25-23(31)22-19(24)6-8-21(26-22)30-17(3)14-16(2)27-30/h5-8,13-14H,9-12H2,1-4H3,(H,25,31). The van der Waals surface area contributed by atoms with Crippen molar-refractivity contribution < 1.29 is 4.79 Å². The molecule has 1 aromatic carbocycles. The van der Waals surface area contributed by atoms with Crippen molar-refractivity contribution in [1.29, 1.82) is 0 Å². The van der Waals surface area contributed by atoms with Crippen LogP contribution in [0.15, 0.2) is 36.4 Å². The van der Waals surface area contributed by atoms with Gasteiger partial charge in [-0.3, -0.25) is 4.79 Å². The van der Waals surface area contributed by atoms with Crippen LogP contribution in [0.5, 0.6) is 0 Å². The minimum atomic E-state index is -0.347. The summed E-state index contributed by atoms with van der Waals surface area (Å²) in [6, 6.07) is 11.4. The molecule has 0 radical (unpaired) electrons. The van der Waals surface area contributed by atoms with Gasteiger partial charge in [0.1, 0.15) is 5.69 Å². The molecule has 0 spiro atoms. The highest BCUT2D eigenvalue weighted by molar-refractivity contribution is 6.34. The van der Waals surface area contributed by atoms with Gasteiger partial charge in [-0.2, -0.15) is 5.10 Å². The van der Waals surface area contributed by atoms with Crippen LogP contribution in [0.2, 0.25) is 5.02 Å². The monoisotopic (exact) mass is 438 g/mol. The highest BCUT2D eigenvalue weighted by atomic mass is 35.5. The van der Waals surface area contributed by atoms with Gasteiger partial charge in [0.25, 0.3) is 5.91 Å². The molecule has 1 amide bonds. The summed E-state index contributed by atoms with van der Waals surface area (Å²) in [5.41, 5.74) is 5.04. The van der Waals surface area contributed by atoms with Crippen LogP contribution in [0.4, 0.5) is 11.4 Å². The Morgan fingerprint density at radius 2 is 1.77 bits per heavy atom. The number of aromatic nitrogens is 3. The summed E-state index contributed by atoms with van der Waals surface area (Å²) in [5.74, 6) is 0.210. The SMILES string of the molecule is Cc1cc(C)n(-c2ccc(Cl)c(C(=O)Nc3ccc(N4CCN(C)CC4)c(C)c3)n2)n1. The summed E-state index contributed by atoms with van der Waals surface area (Å²) < 4.78 is 1.71. The van der Waals surface area contributed by atoms with Crippen molar-refractivity contribution in [3.63, 3.8) is 0 Å². The first kappa shape index (κ1) is 21.3. The van der Waals surface area contributed by atoms with E-state index in [2.05, 4.69) is 45.2 Å². The lowest BCUT2D eigenvalue weighted by Crippen LogP contribution is -2.44. The Balaban J connectivity index is 1.54. The maximum atomic E-state index is 12.9. The van der Waals surface area contributed by atoms with Crippen LogP contribution in [-0.2, 0) is 0 Å². The first-order valence-electron chi connectivity index (χ1n) is 10.4. The molecule has 0 aliphatic carbocycles. The molecule has 2 aromatic heterocycles. The van der Waals surface area contributed by atoms with Crippen LogP contribution in [0.1, 0.15) is 27.4 Å². The predicted molar refractivity (Wildman–Crippen MR) is 125 cm³/mol. The van der Waals surface area contributed by atoms with Gasteiger partial charge in [-0.1, -0.05) is 11.6 Å². The van der Waals surface area contributed by atoms with Crippen molar-refractivity contribution in [2.45, 2.75) is 20.8 Å². The molecule has 0 saturated carbocycles.